The predicted molar refractivity (Wildman–Crippen MR) is 107 cm³/mol. The normalized spacial score (nSPS) is 11.4. The third-order valence-electron chi connectivity index (χ3n) is 4.28. The standard InChI is InChI=1S/C20H22N4O6/c1-4-9-24-17(22)16(18(26)23(3)20(24)28)15(25)11-29-19(27)12(2)30-14-7-5-13(10-21)6-8-14/h5-8,12H,4,9,11,22H2,1-3H3/t12-/m1/s1. The topological polar surface area (TPSA) is 146 Å². The number of hydrogen-bond acceptors (Lipinski definition) is 8. The molecule has 0 radical (unpaired) electrons. The number of esters is 1. The number of nitrogens with zero attached hydrogens (tertiary/aromatic N) is 3. The summed E-state index contributed by atoms with van der Waals surface area (Å²) in [6, 6.07) is 8.07. The minimum absolute atomic E-state index is 0.230. The van der Waals surface area contributed by atoms with Gasteiger partial charge in [-0.25, -0.2) is 9.59 Å². The number of rotatable bonds is 8. The van der Waals surface area contributed by atoms with Crippen LogP contribution in [-0.4, -0.2) is 33.6 Å². The summed E-state index contributed by atoms with van der Waals surface area (Å²) in [4.78, 5) is 49.2. The second-order valence-electron chi connectivity index (χ2n) is 6.49. The lowest BCUT2D eigenvalue weighted by molar-refractivity contribution is -0.149. The summed E-state index contributed by atoms with van der Waals surface area (Å²) in [5, 5.41) is 8.78. The van der Waals surface area contributed by atoms with Crippen molar-refractivity contribution in [3.63, 3.8) is 0 Å². The van der Waals surface area contributed by atoms with Crippen molar-refractivity contribution in [1.29, 1.82) is 5.26 Å². The molecule has 10 heteroatoms. The Morgan fingerprint density at radius 1 is 1.23 bits per heavy atom. The molecule has 2 N–H and O–H groups in total. The monoisotopic (exact) mass is 414 g/mol. The van der Waals surface area contributed by atoms with Gasteiger partial charge in [-0.15, -0.1) is 0 Å². The van der Waals surface area contributed by atoms with Gasteiger partial charge in [0, 0.05) is 13.6 Å². The van der Waals surface area contributed by atoms with Crippen molar-refractivity contribution in [2.75, 3.05) is 12.3 Å². The minimum atomic E-state index is -1.04. The molecule has 0 spiro atoms. The number of anilines is 1. The molecule has 0 aliphatic carbocycles. The first-order valence-corrected chi connectivity index (χ1v) is 9.17. The van der Waals surface area contributed by atoms with Crippen LogP contribution in [0.2, 0.25) is 0 Å². The number of nitrogen functional groups attached to an aromatic ring is 1. The molecule has 1 aromatic heterocycles. The lowest BCUT2D eigenvalue weighted by Gasteiger charge is -2.15. The summed E-state index contributed by atoms with van der Waals surface area (Å²) in [5.41, 5.74) is 4.43. The maximum absolute atomic E-state index is 12.5. The number of ether oxygens (including phenoxy) is 2. The van der Waals surface area contributed by atoms with Gasteiger partial charge in [-0.3, -0.25) is 18.7 Å². The summed E-state index contributed by atoms with van der Waals surface area (Å²) in [6.45, 7) is 2.74. The molecule has 0 saturated heterocycles. The van der Waals surface area contributed by atoms with Gasteiger partial charge in [0.05, 0.1) is 11.6 Å². The molecule has 0 amide bonds. The molecule has 0 bridgehead atoms. The van der Waals surface area contributed by atoms with Crippen LogP contribution in [-0.2, 0) is 23.1 Å². The average Bonchev–Trinajstić information content (AvgIpc) is 2.74. The number of hydrogen-bond donors (Lipinski definition) is 1. The Morgan fingerprint density at radius 3 is 2.43 bits per heavy atom. The first-order chi connectivity index (χ1) is 14.2. The molecule has 0 saturated carbocycles. The van der Waals surface area contributed by atoms with Crippen molar-refractivity contribution in [3.8, 4) is 11.8 Å². The van der Waals surface area contributed by atoms with Crippen LogP contribution in [0.1, 0.15) is 36.2 Å². The predicted octanol–water partition coefficient (Wildman–Crippen LogP) is 0.604. The first kappa shape index (κ1) is 22.4. The lowest BCUT2D eigenvalue weighted by Crippen LogP contribution is -2.43. The van der Waals surface area contributed by atoms with Gasteiger partial charge < -0.3 is 15.2 Å². The van der Waals surface area contributed by atoms with Gasteiger partial charge in [-0.1, -0.05) is 6.92 Å². The number of carbonyl (C=O) groups is 2. The first-order valence-electron chi connectivity index (χ1n) is 9.17. The SMILES string of the molecule is CCCn1c(N)c(C(=O)COC(=O)[C@@H](C)Oc2ccc(C#N)cc2)c(=O)n(C)c1=O. The molecule has 0 fully saturated rings. The summed E-state index contributed by atoms with van der Waals surface area (Å²) < 4.78 is 12.3. The van der Waals surface area contributed by atoms with Crippen LogP contribution in [0.25, 0.3) is 0 Å². The third-order valence-corrected chi connectivity index (χ3v) is 4.28. The Labute approximate surface area is 172 Å². The molecule has 0 aliphatic rings. The van der Waals surface area contributed by atoms with E-state index < -0.39 is 41.3 Å². The fraction of sp³-hybridized carbons (Fsp3) is 0.350. The van der Waals surface area contributed by atoms with E-state index in [-0.39, 0.29) is 12.4 Å². The van der Waals surface area contributed by atoms with E-state index in [2.05, 4.69) is 0 Å². The molecule has 1 heterocycles. The van der Waals surface area contributed by atoms with Crippen molar-refractivity contribution in [2.24, 2.45) is 7.05 Å². The third kappa shape index (κ3) is 4.75. The summed E-state index contributed by atoms with van der Waals surface area (Å²) in [5.74, 6) is -1.57. The highest BCUT2D eigenvalue weighted by Gasteiger charge is 2.24. The Kier molecular flexibility index (Phi) is 7.14. The zero-order valence-corrected chi connectivity index (χ0v) is 16.9. The second kappa shape index (κ2) is 9.56. The summed E-state index contributed by atoms with van der Waals surface area (Å²) >= 11 is 0. The fourth-order valence-electron chi connectivity index (χ4n) is 2.67. The molecule has 158 valence electrons. The maximum atomic E-state index is 12.5. The quantitative estimate of drug-likeness (QED) is 0.488. The number of aromatic nitrogens is 2. The number of Topliss-reactive ketones (excluding diaryl/α,β-unsaturated/α-hetero) is 1. The summed E-state index contributed by atoms with van der Waals surface area (Å²) in [6.07, 6.45) is -0.477. The lowest BCUT2D eigenvalue weighted by atomic mass is 10.2. The van der Waals surface area contributed by atoms with Crippen molar-refractivity contribution >= 4 is 17.6 Å². The van der Waals surface area contributed by atoms with Crippen LogP contribution in [0.5, 0.6) is 5.75 Å². The van der Waals surface area contributed by atoms with Crippen LogP contribution in [0.3, 0.4) is 0 Å². The van der Waals surface area contributed by atoms with Crippen molar-refractivity contribution in [1.82, 2.24) is 9.13 Å². The zero-order valence-electron chi connectivity index (χ0n) is 16.9. The van der Waals surface area contributed by atoms with Crippen LogP contribution in [0.15, 0.2) is 33.9 Å². The van der Waals surface area contributed by atoms with Crippen molar-refractivity contribution < 1.29 is 19.1 Å². The number of nitrogens with two attached hydrogens (primary N) is 1. The van der Waals surface area contributed by atoms with E-state index in [0.717, 1.165) is 9.13 Å². The molecule has 2 rings (SSSR count). The van der Waals surface area contributed by atoms with E-state index >= 15 is 0 Å². The molecule has 0 unspecified atom stereocenters. The molecular formula is C20H22N4O6. The largest absolute Gasteiger partial charge is 0.479 e. The highest BCUT2D eigenvalue weighted by atomic mass is 16.6. The fourth-order valence-corrected chi connectivity index (χ4v) is 2.67. The number of ketones is 1. The second-order valence-corrected chi connectivity index (χ2v) is 6.49. The van der Waals surface area contributed by atoms with Gasteiger partial charge in [0.15, 0.2) is 12.7 Å². The van der Waals surface area contributed by atoms with Gasteiger partial charge in [0.1, 0.15) is 17.1 Å². The highest BCUT2D eigenvalue weighted by Crippen LogP contribution is 2.14. The number of carbonyl (C=O) groups excluding carboxylic acids is 2. The van der Waals surface area contributed by atoms with E-state index in [1.54, 1.807) is 0 Å². The Hall–Kier alpha value is -3.87. The Morgan fingerprint density at radius 2 is 1.87 bits per heavy atom. The molecule has 1 atom stereocenters. The molecule has 1 aromatic carbocycles. The van der Waals surface area contributed by atoms with Crippen LogP contribution in [0.4, 0.5) is 5.82 Å². The van der Waals surface area contributed by atoms with Crippen LogP contribution >= 0.6 is 0 Å². The molecule has 10 nitrogen and oxygen atoms in total. The van der Waals surface area contributed by atoms with Crippen molar-refractivity contribution in [3.05, 3.63) is 56.2 Å². The van der Waals surface area contributed by atoms with Gasteiger partial charge in [-0.2, -0.15) is 5.26 Å². The van der Waals surface area contributed by atoms with E-state index in [1.165, 1.54) is 38.2 Å². The van der Waals surface area contributed by atoms with Crippen LogP contribution in [0, 0.1) is 11.3 Å². The van der Waals surface area contributed by atoms with Crippen LogP contribution < -0.4 is 21.7 Å². The van der Waals surface area contributed by atoms with E-state index in [0.29, 0.717) is 17.7 Å². The molecule has 30 heavy (non-hydrogen) atoms. The van der Waals surface area contributed by atoms with E-state index in [1.807, 2.05) is 13.0 Å². The molecular weight excluding hydrogens is 392 g/mol. The van der Waals surface area contributed by atoms with E-state index in [4.69, 9.17) is 20.5 Å². The Bertz CT molecular complexity index is 1110. The van der Waals surface area contributed by atoms with E-state index in [9.17, 15) is 19.2 Å². The smallest absolute Gasteiger partial charge is 0.347 e. The number of benzene rings is 1. The Balaban J connectivity index is 2.11. The number of nitriles is 1. The van der Waals surface area contributed by atoms with Gasteiger partial charge >= 0.3 is 11.7 Å². The van der Waals surface area contributed by atoms with Crippen molar-refractivity contribution in [2.45, 2.75) is 32.9 Å². The van der Waals surface area contributed by atoms with Gasteiger partial charge in [-0.05, 0) is 37.6 Å². The molecule has 2 aromatic rings. The highest BCUT2D eigenvalue weighted by molar-refractivity contribution is 6.01. The zero-order chi connectivity index (χ0) is 22.4. The maximum Gasteiger partial charge on any atom is 0.347 e. The van der Waals surface area contributed by atoms with Gasteiger partial charge in [0.25, 0.3) is 5.56 Å². The molecule has 0 aliphatic heterocycles. The van der Waals surface area contributed by atoms with Gasteiger partial charge in [0.2, 0.25) is 5.78 Å². The summed E-state index contributed by atoms with van der Waals surface area (Å²) in [7, 11) is 1.24. The average molecular weight is 414 g/mol. The minimum Gasteiger partial charge on any atom is -0.479 e.